The number of piperidine rings is 1. The van der Waals surface area contributed by atoms with Crippen LogP contribution in [0.25, 0.3) is 0 Å². The SMILES string of the molecule is CCN1CC(=O)N[C@H]2CCN(Cc3ccccc3C#N)C[C@@H]2OCc2cccc(c2)Oc2cc(ccc2OC)CCC1=O. The van der Waals surface area contributed by atoms with E-state index in [1.165, 1.54) is 0 Å². The first-order chi connectivity index (χ1) is 20.9. The predicted molar refractivity (Wildman–Crippen MR) is 162 cm³/mol. The molecule has 0 spiro atoms. The molecule has 1 fully saturated rings. The minimum absolute atomic E-state index is 0.00314. The third-order valence-electron chi connectivity index (χ3n) is 8.04. The molecule has 0 unspecified atom stereocenters. The van der Waals surface area contributed by atoms with Crippen LogP contribution in [-0.2, 0) is 33.9 Å². The zero-order valence-electron chi connectivity index (χ0n) is 24.8. The van der Waals surface area contributed by atoms with E-state index in [9.17, 15) is 14.9 Å². The number of nitrogens with zero attached hydrogens (tertiary/aromatic N) is 3. The molecule has 43 heavy (non-hydrogen) atoms. The number of likely N-dealkylation sites (N-methyl/N-ethyl adjacent to an activating group) is 1. The van der Waals surface area contributed by atoms with Crippen LogP contribution in [-0.4, -0.2) is 67.0 Å². The van der Waals surface area contributed by atoms with Gasteiger partial charge in [0.25, 0.3) is 0 Å². The van der Waals surface area contributed by atoms with Crippen LogP contribution in [0, 0.1) is 11.3 Å². The zero-order valence-corrected chi connectivity index (χ0v) is 24.8. The Morgan fingerprint density at radius 3 is 2.72 bits per heavy atom. The van der Waals surface area contributed by atoms with E-state index in [2.05, 4.69) is 16.3 Å². The maximum atomic E-state index is 13.2. The number of carbonyl (C=O) groups is 2. The van der Waals surface area contributed by atoms with Crippen molar-refractivity contribution in [2.24, 2.45) is 0 Å². The van der Waals surface area contributed by atoms with Gasteiger partial charge >= 0.3 is 0 Å². The van der Waals surface area contributed by atoms with Gasteiger partial charge in [-0.15, -0.1) is 0 Å². The van der Waals surface area contributed by atoms with Crippen molar-refractivity contribution in [2.75, 3.05) is 33.3 Å². The van der Waals surface area contributed by atoms with Gasteiger partial charge in [-0.2, -0.15) is 5.26 Å². The number of aryl methyl sites for hydroxylation is 1. The molecule has 9 heteroatoms. The molecule has 2 atom stereocenters. The van der Waals surface area contributed by atoms with Gasteiger partial charge < -0.3 is 24.4 Å². The molecule has 4 bridgehead atoms. The van der Waals surface area contributed by atoms with Gasteiger partial charge in [0.1, 0.15) is 5.75 Å². The highest BCUT2D eigenvalue weighted by Gasteiger charge is 2.32. The molecular formula is C34H38N4O5. The molecule has 1 N–H and O–H groups in total. The Labute approximate surface area is 252 Å². The van der Waals surface area contributed by atoms with Gasteiger partial charge in [-0.25, -0.2) is 0 Å². The van der Waals surface area contributed by atoms with Crippen LogP contribution in [0.1, 0.15) is 42.0 Å². The van der Waals surface area contributed by atoms with Crippen LogP contribution in [0.15, 0.2) is 66.7 Å². The van der Waals surface area contributed by atoms with Crippen molar-refractivity contribution in [3.63, 3.8) is 0 Å². The summed E-state index contributed by atoms with van der Waals surface area (Å²) < 4.78 is 18.3. The fraction of sp³-hybridized carbons (Fsp3) is 0.382. The molecule has 0 aliphatic carbocycles. The van der Waals surface area contributed by atoms with Gasteiger partial charge in [0, 0.05) is 32.6 Å². The number of rotatable bonds is 4. The molecule has 2 aliphatic rings. The topological polar surface area (TPSA) is 104 Å². The quantitative estimate of drug-likeness (QED) is 0.485. The second-order valence-electron chi connectivity index (χ2n) is 11.0. The minimum atomic E-state index is -0.294. The van der Waals surface area contributed by atoms with E-state index in [1.807, 2.05) is 73.7 Å². The average Bonchev–Trinajstić information content (AvgIpc) is 3.02. The van der Waals surface area contributed by atoms with Crippen molar-refractivity contribution in [2.45, 2.75) is 51.5 Å². The van der Waals surface area contributed by atoms with Crippen LogP contribution in [0.4, 0.5) is 0 Å². The Morgan fingerprint density at radius 2 is 1.91 bits per heavy atom. The van der Waals surface area contributed by atoms with Crippen LogP contribution < -0.4 is 14.8 Å². The Morgan fingerprint density at radius 1 is 1.05 bits per heavy atom. The molecule has 3 aromatic carbocycles. The lowest BCUT2D eigenvalue weighted by molar-refractivity contribution is -0.136. The monoisotopic (exact) mass is 582 g/mol. The molecule has 5 rings (SSSR count). The highest BCUT2D eigenvalue weighted by Crippen LogP contribution is 2.33. The summed E-state index contributed by atoms with van der Waals surface area (Å²) in [4.78, 5) is 30.2. The molecule has 2 heterocycles. The van der Waals surface area contributed by atoms with E-state index in [4.69, 9.17) is 14.2 Å². The molecule has 0 aromatic heterocycles. The molecule has 0 radical (unpaired) electrons. The maximum Gasteiger partial charge on any atom is 0.239 e. The smallest absolute Gasteiger partial charge is 0.239 e. The zero-order chi connectivity index (χ0) is 30.2. The highest BCUT2D eigenvalue weighted by molar-refractivity contribution is 5.85. The van der Waals surface area contributed by atoms with Crippen molar-refractivity contribution < 1.29 is 23.8 Å². The number of ether oxygens (including phenoxy) is 3. The highest BCUT2D eigenvalue weighted by atomic mass is 16.5. The molecule has 224 valence electrons. The van der Waals surface area contributed by atoms with E-state index in [-0.39, 0.29) is 36.9 Å². The predicted octanol–water partition coefficient (Wildman–Crippen LogP) is 4.43. The van der Waals surface area contributed by atoms with E-state index >= 15 is 0 Å². The Hall–Kier alpha value is -4.39. The van der Waals surface area contributed by atoms with Crippen molar-refractivity contribution in [1.82, 2.24) is 15.1 Å². The number of methoxy groups -OCH3 is 1. The molecule has 3 aromatic rings. The Balaban J connectivity index is 1.40. The molecule has 2 amide bonds. The first kappa shape index (κ1) is 30.1. The summed E-state index contributed by atoms with van der Waals surface area (Å²) in [5.41, 5.74) is 3.51. The fourth-order valence-electron chi connectivity index (χ4n) is 5.66. The van der Waals surface area contributed by atoms with E-state index in [1.54, 1.807) is 12.0 Å². The molecule has 9 nitrogen and oxygen atoms in total. The number of hydrogen-bond acceptors (Lipinski definition) is 7. The largest absolute Gasteiger partial charge is 0.493 e. The molecule has 2 aliphatic heterocycles. The van der Waals surface area contributed by atoms with Gasteiger partial charge in [0.2, 0.25) is 11.8 Å². The third kappa shape index (κ3) is 7.72. The molecule has 1 saturated heterocycles. The number of nitrogens with one attached hydrogen (secondary N) is 1. The van der Waals surface area contributed by atoms with Crippen LogP contribution in [0.3, 0.4) is 0 Å². The molecule has 0 saturated carbocycles. The number of likely N-dealkylation sites (tertiary alicyclic amines) is 1. The first-order valence-corrected chi connectivity index (χ1v) is 14.8. The average molecular weight is 583 g/mol. The second kappa shape index (κ2) is 14.2. The number of fused-ring (bicyclic) bond motifs is 5. The minimum Gasteiger partial charge on any atom is -0.493 e. The lowest BCUT2D eigenvalue weighted by atomic mass is 9.99. The van der Waals surface area contributed by atoms with Crippen molar-refractivity contribution in [1.29, 1.82) is 5.26 Å². The number of carbonyl (C=O) groups excluding carboxylic acids is 2. The van der Waals surface area contributed by atoms with Gasteiger partial charge in [-0.3, -0.25) is 14.5 Å². The molecular weight excluding hydrogens is 544 g/mol. The summed E-state index contributed by atoms with van der Waals surface area (Å²) >= 11 is 0. The van der Waals surface area contributed by atoms with Crippen LogP contribution >= 0.6 is 0 Å². The summed E-state index contributed by atoms with van der Waals surface area (Å²) in [6.45, 7) is 4.59. The summed E-state index contributed by atoms with van der Waals surface area (Å²) in [5.74, 6) is 1.54. The summed E-state index contributed by atoms with van der Waals surface area (Å²) in [7, 11) is 1.60. The fourth-order valence-corrected chi connectivity index (χ4v) is 5.66. The van der Waals surface area contributed by atoms with Gasteiger partial charge in [-0.1, -0.05) is 36.4 Å². The standard InChI is InChI=1S/C34H38N4O5/c1-3-38-22-33(39)36-29-15-16-37(20-27-9-5-4-8-26(27)19-35)21-32(29)42-23-25-7-6-10-28(17-25)43-31-18-24(12-14-34(38)40)11-13-30(31)41-2/h4-11,13,17-18,29,32H,3,12,14-16,20-23H2,1-2H3,(H,36,39)/t29-,32-/m0/s1. The normalized spacial score (nSPS) is 20.1. The van der Waals surface area contributed by atoms with Crippen molar-refractivity contribution in [3.05, 3.63) is 89.0 Å². The van der Waals surface area contributed by atoms with Gasteiger partial charge in [-0.05, 0) is 66.8 Å². The summed E-state index contributed by atoms with van der Waals surface area (Å²) in [5, 5.41) is 12.7. The van der Waals surface area contributed by atoms with Crippen LogP contribution in [0.2, 0.25) is 0 Å². The number of benzene rings is 3. The van der Waals surface area contributed by atoms with E-state index in [0.717, 1.165) is 23.2 Å². The van der Waals surface area contributed by atoms with Gasteiger partial charge in [0.15, 0.2) is 11.5 Å². The Bertz CT molecular complexity index is 1490. The second-order valence-corrected chi connectivity index (χ2v) is 11.0. The number of nitriles is 1. The van der Waals surface area contributed by atoms with Crippen molar-refractivity contribution in [3.8, 4) is 23.3 Å². The Kier molecular flexibility index (Phi) is 9.92. The van der Waals surface area contributed by atoms with E-state index < -0.39 is 0 Å². The first-order valence-electron chi connectivity index (χ1n) is 14.8. The lowest BCUT2D eigenvalue weighted by Gasteiger charge is -2.39. The van der Waals surface area contributed by atoms with Gasteiger partial charge in [0.05, 0.1) is 44.0 Å². The van der Waals surface area contributed by atoms with E-state index in [0.29, 0.717) is 61.9 Å². The van der Waals surface area contributed by atoms with Crippen LogP contribution in [0.5, 0.6) is 17.2 Å². The third-order valence-corrected chi connectivity index (χ3v) is 8.04. The lowest BCUT2D eigenvalue weighted by Crippen LogP contribution is -2.56. The number of hydrogen-bond donors (Lipinski definition) is 1. The van der Waals surface area contributed by atoms with Crippen molar-refractivity contribution >= 4 is 11.8 Å². The number of amides is 2. The maximum absolute atomic E-state index is 13.2. The summed E-state index contributed by atoms with van der Waals surface area (Å²) in [6.07, 6.45) is 1.18. The summed E-state index contributed by atoms with van der Waals surface area (Å²) in [6, 6.07) is 23.1.